The summed E-state index contributed by atoms with van der Waals surface area (Å²) in [5.74, 6) is 0. The molecule has 2 fully saturated rings. The molecule has 156 valence electrons. The van der Waals surface area contributed by atoms with Gasteiger partial charge in [-0.1, -0.05) is 77.3 Å². The predicted molar refractivity (Wildman–Crippen MR) is 116 cm³/mol. The van der Waals surface area contributed by atoms with Crippen LogP contribution in [0.15, 0.2) is 22.4 Å². The van der Waals surface area contributed by atoms with Crippen LogP contribution in [0, 0.1) is 0 Å². The van der Waals surface area contributed by atoms with E-state index in [9.17, 15) is 13.2 Å². The molecule has 0 aromatic carbocycles. The summed E-state index contributed by atoms with van der Waals surface area (Å²) in [5, 5.41) is 3.12. The summed E-state index contributed by atoms with van der Waals surface area (Å²) in [6, 6.07) is 0.429. The molecule has 0 unspecified atom stereocenters. The highest BCUT2D eigenvalue weighted by Gasteiger charge is 2.32. The maximum atomic E-state index is 12.9. The zero-order chi connectivity index (χ0) is 20.4. The fourth-order valence-corrected chi connectivity index (χ4v) is 5.09. The summed E-state index contributed by atoms with van der Waals surface area (Å²) in [6.45, 7) is 11.3. The van der Waals surface area contributed by atoms with Crippen molar-refractivity contribution >= 4 is 27.6 Å². The van der Waals surface area contributed by atoms with Gasteiger partial charge >= 0.3 is 6.03 Å². The molecule has 0 aromatic heterocycles. The van der Waals surface area contributed by atoms with E-state index in [2.05, 4.69) is 18.5 Å². The number of carbonyl (C=O) groups excluding carboxylic acids is 1. The minimum absolute atomic E-state index is 0.000294. The van der Waals surface area contributed by atoms with Crippen molar-refractivity contribution in [3.63, 3.8) is 0 Å². The maximum absolute atomic E-state index is 12.9. The largest absolute Gasteiger partial charge is 0.322 e. The Labute approximate surface area is 170 Å². The van der Waals surface area contributed by atoms with Gasteiger partial charge in [-0.15, -0.1) is 0 Å². The number of hydrogen-bond donors (Lipinski definition) is 1. The fraction of sp³-hybridized carbons (Fsp3) is 0.750. The van der Waals surface area contributed by atoms with Crippen LogP contribution in [0.4, 0.5) is 4.79 Å². The van der Waals surface area contributed by atoms with E-state index in [0.717, 1.165) is 43.7 Å². The van der Waals surface area contributed by atoms with Crippen LogP contribution in [-0.4, -0.2) is 37.7 Å². The molecule has 0 atom stereocenters. The Balaban J connectivity index is 0.00000176. The summed E-state index contributed by atoms with van der Waals surface area (Å²) < 4.78 is 23.0. The van der Waals surface area contributed by atoms with Crippen molar-refractivity contribution in [3.05, 3.63) is 22.4 Å². The van der Waals surface area contributed by atoms with E-state index >= 15 is 0 Å². The van der Waals surface area contributed by atoms with Gasteiger partial charge in [0, 0.05) is 18.3 Å². The average molecular weight is 417 g/mol. The van der Waals surface area contributed by atoms with Gasteiger partial charge in [-0.25, -0.2) is 13.2 Å². The van der Waals surface area contributed by atoms with E-state index < -0.39 is 9.84 Å². The van der Waals surface area contributed by atoms with E-state index in [1.54, 1.807) is 0 Å². The maximum Gasteiger partial charge on any atom is 0.322 e. The van der Waals surface area contributed by atoms with Crippen LogP contribution in [0.2, 0.25) is 0 Å². The van der Waals surface area contributed by atoms with Crippen molar-refractivity contribution < 1.29 is 13.2 Å². The second kappa shape index (κ2) is 11.8. The minimum Gasteiger partial charge on any atom is -0.319 e. The van der Waals surface area contributed by atoms with Gasteiger partial charge in [-0.2, -0.15) is 0 Å². The van der Waals surface area contributed by atoms with Gasteiger partial charge in [0.1, 0.15) is 0 Å². The molecule has 0 radical (unpaired) electrons. The third-order valence-electron chi connectivity index (χ3n) is 5.07. The third-order valence-corrected chi connectivity index (χ3v) is 7.63. The van der Waals surface area contributed by atoms with Crippen LogP contribution in [0.3, 0.4) is 0 Å². The molecular weight excluding hydrogens is 380 g/mol. The summed E-state index contributed by atoms with van der Waals surface area (Å²) in [6.07, 6.45) is 12.5. The molecule has 0 spiro atoms. The number of nitrogens with zero attached hydrogens (tertiary/aromatic N) is 1. The first-order chi connectivity index (χ1) is 12.8. The van der Waals surface area contributed by atoms with E-state index in [0.29, 0.717) is 5.03 Å². The van der Waals surface area contributed by atoms with Gasteiger partial charge < -0.3 is 10.2 Å². The van der Waals surface area contributed by atoms with Gasteiger partial charge in [-0.05, 0) is 25.7 Å². The lowest BCUT2D eigenvalue weighted by molar-refractivity contribution is 0.107. The number of carbonyl (C=O) groups is 1. The Morgan fingerprint density at radius 2 is 1.33 bits per heavy atom. The van der Waals surface area contributed by atoms with E-state index in [1.807, 2.05) is 18.7 Å². The van der Waals surface area contributed by atoms with E-state index in [-0.39, 0.29) is 22.4 Å². The minimum atomic E-state index is -3.35. The molecule has 2 saturated carbocycles. The Morgan fingerprint density at radius 3 is 1.70 bits per heavy atom. The quantitative estimate of drug-likeness (QED) is 0.629. The zero-order valence-electron chi connectivity index (χ0n) is 17.1. The van der Waals surface area contributed by atoms with Crippen LogP contribution in [0.1, 0.15) is 78.1 Å². The Morgan fingerprint density at radius 1 is 0.926 bits per heavy atom. The first kappa shape index (κ1) is 24.1. The number of hydrogen-bond acceptors (Lipinski definition) is 4. The molecule has 5 nitrogen and oxygen atoms in total. The average Bonchev–Trinajstić information content (AvgIpc) is 2.64. The SMILES string of the molecule is C=C(NC(=O)N(C1CCCCC1)C1CCCCC1)SC(=C)S(C)(=O)=O.CC. The Hall–Kier alpha value is -0.950. The highest BCUT2D eigenvalue weighted by molar-refractivity contribution is 8.20. The fourth-order valence-electron chi connectivity index (χ4n) is 3.77. The standard InChI is InChI=1S/C18H30N2O3S2.C2H6/c1-14(24-15(2)25(3,22)23)19-18(21)20(16-10-6-4-7-11-16)17-12-8-5-9-13-17;1-2/h16-17H,1-2,4-13H2,3H3,(H,19,21);1-2H3. The first-order valence-electron chi connectivity index (χ1n) is 10.1. The zero-order valence-corrected chi connectivity index (χ0v) is 18.8. The van der Waals surface area contributed by atoms with Gasteiger partial charge in [0.2, 0.25) is 0 Å². The molecular formula is C20H36N2O3S2. The molecule has 1 N–H and O–H groups in total. The highest BCUT2D eigenvalue weighted by Crippen LogP contribution is 2.31. The van der Waals surface area contributed by atoms with Crippen LogP contribution < -0.4 is 5.32 Å². The van der Waals surface area contributed by atoms with Crippen molar-refractivity contribution in [2.45, 2.75) is 90.1 Å². The first-order valence-corrected chi connectivity index (χ1v) is 12.8. The number of urea groups is 1. The second-order valence-electron chi connectivity index (χ2n) is 7.09. The molecule has 0 saturated heterocycles. The monoisotopic (exact) mass is 416 g/mol. The summed E-state index contributed by atoms with van der Waals surface area (Å²) in [7, 11) is -3.35. The van der Waals surface area contributed by atoms with E-state index in [1.165, 1.54) is 38.5 Å². The number of nitrogens with one attached hydrogen (secondary N) is 1. The molecule has 0 heterocycles. The van der Waals surface area contributed by atoms with Crippen LogP contribution in [-0.2, 0) is 9.84 Å². The molecule has 2 rings (SSSR count). The molecule has 0 bridgehead atoms. The van der Waals surface area contributed by atoms with Gasteiger partial charge in [-0.3, -0.25) is 0 Å². The third kappa shape index (κ3) is 7.90. The number of sulfone groups is 1. The Kier molecular flexibility index (Phi) is 10.5. The van der Waals surface area contributed by atoms with Crippen LogP contribution in [0.5, 0.6) is 0 Å². The topological polar surface area (TPSA) is 66.5 Å². The molecule has 27 heavy (non-hydrogen) atoms. The van der Waals surface area contributed by atoms with Gasteiger partial charge in [0.15, 0.2) is 9.84 Å². The van der Waals surface area contributed by atoms with Crippen molar-refractivity contribution in [1.29, 1.82) is 0 Å². The normalized spacial score (nSPS) is 18.8. The predicted octanol–water partition coefficient (Wildman–Crippen LogP) is 5.41. The molecule has 2 aliphatic rings. The lowest BCUT2D eigenvalue weighted by Gasteiger charge is -2.41. The molecule has 2 aliphatic carbocycles. The smallest absolute Gasteiger partial charge is 0.319 e. The molecule has 0 aromatic rings. The van der Waals surface area contributed by atoms with Crippen molar-refractivity contribution in [1.82, 2.24) is 10.2 Å². The van der Waals surface area contributed by atoms with Gasteiger partial charge in [0.05, 0.1) is 9.27 Å². The van der Waals surface area contributed by atoms with Gasteiger partial charge in [0.25, 0.3) is 0 Å². The molecule has 2 amide bonds. The lowest BCUT2D eigenvalue weighted by Crippen LogP contribution is -2.52. The molecule has 0 aliphatic heterocycles. The van der Waals surface area contributed by atoms with Crippen LogP contribution >= 0.6 is 11.8 Å². The molecule has 7 heteroatoms. The highest BCUT2D eigenvalue weighted by atomic mass is 32.3. The van der Waals surface area contributed by atoms with Crippen molar-refractivity contribution in [2.75, 3.05) is 6.26 Å². The number of rotatable bonds is 6. The van der Waals surface area contributed by atoms with Crippen molar-refractivity contribution in [3.8, 4) is 0 Å². The Bertz CT molecular complexity index is 587. The van der Waals surface area contributed by atoms with Crippen LogP contribution in [0.25, 0.3) is 0 Å². The second-order valence-corrected chi connectivity index (χ2v) is 10.6. The number of thioether (sulfide) groups is 1. The lowest BCUT2D eigenvalue weighted by atomic mass is 9.89. The van der Waals surface area contributed by atoms with Crippen molar-refractivity contribution in [2.24, 2.45) is 0 Å². The summed E-state index contributed by atoms with van der Waals surface area (Å²) in [4.78, 5) is 15.0. The van der Waals surface area contributed by atoms with E-state index in [4.69, 9.17) is 0 Å². The summed E-state index contributed by atoms with van der Waals surface area (Å²) in [5.41, 5.74) is 0. The number of amides is 2. The summed E-state index contributed by atoms with van der Waals surface area (Å²) >= 11 is 0.910.